The highest BCUT2D eigenvalue weighted by Crippen LogP contribution is 2.21. The number of aliphatic hydroxyl groups excluding tert-OH is 1. The molecule has 0 aromatic heterocycles. The Morgan fingerprint density at radius 1 is 1.50 bits per heavy atom. The van der Waals surface area contributed by atoms with Gasteiger partial charge in [0.25, 0.3) is 0 Å². The molecule has 0 bridgehead atoms. The predicted molar refractivity (Wildman–Crippen MR) is 64.5 cm³/mol. The molecule has 2 atom stereocenters. The number of ether oxygens (including phenoxy) is 2. The summed E-state index contributed by atoms with van der Waals surface area (Å²) in [6.45, 7) is 4.94. The fraction of sp³-hybridized carbons (Fsp3) is 1.00. The second-order valence-corrected chi connectivity index (χ2v) is 5.39. The van der Waals surface area contributed by atoms with Gasteiger partial charge in [-0.1, -0.05) is 0 Å². The highest BCUT2D eigenvalue weighted by molar-refractivity contribution is 4.74. The lowest BCUT2D eigenvalue weighted by Gasteiger charge is -2.26. The van der Waals surface area contributed by atoms with Crippen molar-refractivity contribution < 1.29 is 14.6 Å². The van der Waals surface area contributed by atoms with Crippen LogP contribution in [0.5, 0.6) is 0 Å². The minimum absolute atomic E-state index is 0.219. The first-order chi connectivity index (χ1) is 7.53. The van der Waals surface area contributed by atoms with E-state index in [9.17, 15) is 5.11 Å². The van der Waals surface area contributed by atoms with E-state index >= 15 is 0 Å². The van der Waals surface area contributed by atoms with Crippen molar-refractivity contribution in [3.05, 3.63) is 0 Å². The SMILES string of the molecule is COC(C)(C)CC(O)CCCC1CCCO1. The average molecular weight is 230 g/mol. The van der Waals surface area contributed by atoms with E-state index in [2.05, 4.69) is 0 Å². The summed E-state index contributed by atoms with van der Waals surface area (Å²) in [5, 5.41) is 9.87. The first-order valence-electron chi connectivity index (χ1n) is 6.38. The van der Waals surface area contributed by atoms with Crippen molar-refractivity contribution in [3.63, 3.8) is 0 Å². The fourth-order valence-corrected chi connectivity index (χ4v) is 2.21. The maximum absolute atomic E-state index is 9.87. The van der Waals surface area contributed by atoms with Crippen LogP contribution >= 0.6 is 0 Å². The Hall–Kier alpha value is -0.120. The molecule has 96 valence electrons. The van der Waals surface area contributed by atoms with Crippen LogP contribution in [0, 0.1) is 0 Å². The highest BCUT2D eigenvalue weighted by Gasteiger charge is 2.22. The third-order valence-corrected chi connectivity index (χ3v) is 3.37. The molecular weight excluding hydrogens is 204 g/mol. The van der Waals surface area contributed by atoms with Crippen molar-refractivity contribution >= 4 is 0 Å². The van der Waals surface area contributed by atoms with Gasteiger partial charge in [0.1, 0.15) is 0 Å². The zero-order chi connectivity index (χ0) is 12.0. The molecule has 16 heavy (non-hydrogen) atoms. The molecule has 1 aliphatic rings. The number of methoxy groups -OCH3 is 1. The van der Waals surface area contributed by atoms with Crippen molar-refractivity contribution in [2.75, 3.05) is 13.7 Å². The zero-order valence-electron chi connectivity index (χ0n) is 10.9. The van der Waals surface area contributed by atoms with Crippen LogP contribution in [0.1, 0.15) is 52.4 Å². The Balaban J connectivity index is 2.07. The van der Waals surface area contributed by atoms with Gasteiger partial charge >= 0.3 is 0 Å². The maximum Gasteiger partial charge on any atom is 0.0647 e. The van der Waals surface area contributed by atoms with Crippen LogP contribution in [0.4, 0.5) is 0 Å². The van der Waals surface area contributed by atoms with E-state index in [4.69, 9.17) is 9.47 Å². The molecule has 1 aliphatic heterocycles. The summed E-state index contributed by atoms with van der Waals surface area (Å²) in [6, 6.07) is 0. The Labute approximate surface area is 99.1 Å². The van der Waals surface area contributed by atoms with Gasteiger partial charge in [-0.3, -0.25) is 0 Å². The first kappa shape index (κ1) is 13.9. The van der Waals surface area contributed by atoms with Crippen LogP contribution in [0.15, 0.2) is 0 Å². The van der Waals surface area contributed by atoms with Crippen molar-refractivity contribution in [2.24, 2.45) is 0 Å². The molecule has 1 rings (SSSR count). The van der Waals surface area contributed by atoms with Gasteiger partial charge in [-0.05, 0) is 46.0 Å². The zero-order valence-corrected chi connectivity index (χ0v) is 10.9. The van der Waals surface area contributed by atoms with Gasteiger partial charge in [0, 0.05) is 20.1 Å². The summed E-state index contributed by atoms with van der Waals surface area (Å²) in [5.41, 5.74) is -0.219. The smallest absolute Gasteiger partial charge is 0.0647 e. The Bertz CT molecular complexity index is 186. The van der Waals surface area contributed by atoms with Crippen LogP contribution in [-0.2, 0) is 9.47 Å². The molecule has 3 nitrogen and oxygen atoms in total. The normalized spacial score (nSPS) is 23.6. The summed E-state index contributed by atoms with van der Waals surface area (Å²) in [7, 11) is 1.69. The molecule has 1 fully saturated rings. The molecule has 1 saturated heterocycles. The average Bonchev–Trinajstić information content (AvgIpc) is 2.70. The lowest BCUT2D eigenvalue weighted by atomic mass is 9.96. The van der Waals surface area contributed by atoms with Crippen molar-refractivity contribution in [1.82, 2.24) is 0 Å². The van der Waals surface area contributed by atoms with Crippen molar-refractivity contribution in [1.29, 1.82) is 0 Å². The molecule has 0 aromatic carbocycles. The standard InChI is InChI=1S/C13H26O3/c1-13(2,15-3)10-11(14)6-4-7-12-8-5-9-16-12/h11-12,14H,4-10H2,1-3H3. The second kappa shape index (κ2) is 6.58. The molecular formula is C13H26O3. The monoisotopic (exact) mass is 230 g/mol. The van der Waals surface area contributed by atoms with E-state index in [1.807, 2.05) is 13.8 Å². The molecule has 1 heterocycles. The van der Waals surface area contributed by atoms with Gasteiger partial charge in [0.05, 0.1) is 17.8 Å². The van der Waals surface area contributed by atoms with Crippen LogP contribution in [0.25, 0.3) is 0 Å². The van der Waals surface area contributed by atoms with E-state index in [1.54, 1.807) is 7.11 Å². The minimum Gasteiger partial charge on any atom is -0.393 e. The molecule has 3 heteroatoms. The van der Waals surface area contributed by atoms with Crippen LogP contribution in [-0.4, -0.2) is 36.6 Å². The second-order valence-electron chi connectivity index (χ2n) is 5.39. The van der Waals surface area contributed by atoms with E-state index in [0.29, 0.717) is 12.5 Å². The molecule has 1 N–H and O–H groups in total. The predicted octanol–water partition coefficient (Wildman–Crippen LogP) is 2.51. The number of aliphatic hydroxyl groups is 1. The van der Waals surface area contributed by atoms with Crippen molar-refractivity contribution in [3.8, 4) is 0 Å². The summed E-state index contributed by atoms with van der Waals surface area (Å²) in [5.74, 6) is 0. The summed E-state index contributed by atoms with van der Waals surface area (Å²) in [4.78, 5) is 0. The Morgan fingerprint density at radius 2 is 2.25 bits per heavy atom. The van der Waals surface area contributed by atoms with Crippen molar-refractivity contribution in [2.45, 2.75) is 70.2 Å². The third kappa shape index (κ3) is 5.28. The molecule has 0 aliphatic carbocycles. The lowest BCUT2D eigenvalue weighted by molar-refractivity contribution is -0.0222. The summed E-state index contributed by atoms with van der Waals surface area (Å²) in [6.07, 6.45) is 6.28. The van der Waals surface area contributed by atoms with Crippen LogP contribution < -0.4 is 0 Å². The summed E-state index contributed by atoms with van der Waals surface area (Å²) < 4.78 is 10.9. The molecule has 2 unspecified atom stereocenters. The van der Waals surface area contributed by atoms with Crippen LogP contribution in [0.3, 0.4) is 0 Å². The Morgan fingerprint density at radius 3 is 2.81 bits per heavy atom. The number of rotatable bonds is 7. The molecule has 0 radical (unpaired) electrons. The van der Waals surface area contributed by atoms with Gasteiger partial charge in [0.15, 0.2) is 0 Å². The van der Waals surface area contributed by atoms with Gasteiger partial charge in [-0.25, -0.2) is 0 Å². The molecule has 0 amide bonds. The Kier molecular flexibility index (Phi) is 5.73. The van der Waals surface area contributed by atoms with E-state index in [1.165, 1.54) is 12.8 Å². The molecule has 0 aromatic rings. The van der Waals surface area contributed by atoms with Gasteiger partial charge < -0.3 is 14.6 Å². The third-order valence-electron chi connectivity index (χ3n) is 3.37. The quantitative estimate of drug-likeness (QED) is 0.730. The molecule has 0 spiro atoms. The van der Waals surface area contributed by atoms with E-state index in [0.717, 1.165) is 25.9 Å². The van der Waals surface area contributed by atoms with Gasteiger partial charge in [0.2, 0.25) is 0 Å². The van der Waals surface area contributed by atoms with E-state index < -0.39 is 0 Å². The fourth-order valence-electron chi connectivity index (χ4n) is 2.21. The largest absolute Gasteiger partial charge is 0.393 e. The van der Waals surface area contributed by atoms with Crippen LogP contribution in [0.2, 0.25) is 0 Å². The van der Waals surface area contributed by atoms with Gasteiger partial charge in [-0.15, -0.1) is 0 Å². The molecule has 0 saturated carbocycles. The first-order valence-corrected chi connectivity index (χ1v) is 6.38. The summed E-state index contributed by atoms with van der Waals surface area (Å²) >= 11 is 0. The topological polar surface area (TPSA) is 38.7 Å². The maximum atomic E-state index is 9.87. The highest BCUT2D eigenvalue weighted by atomic mass is 16.5. The lowest BCUT2D eigenvalue weighted by Crippen LogP contribution is -2.28. The van der Waals surface area contributed by atoms with E-state index in [-0.39, 0.29) is 11.7 Å². The van der Waals surface area contributed by atoms with Gasteiger partial charge in [-0.2, -0.15) is 0 Å². The number of hydrogen-bond donors (Lipinski definition) is 1. The minimum atomic E-state index is -0.253. The number of hydrogen-bond acceptors (Lipinski definition) is 3.